The van der Waals surface area contributed by atoms with Gasteiger partial charge < -0.3 is 18.9 Å². The molecule has 2 heterocycles. The van der Waals surface area contributed by atoms with Crippen molar-refractivity contribution >= 4 is 22.7 Å². The van der Waals surface area contributed by atoms with E-state index in [9.17, 15) is 9.59 Å². The standard InChI is InChI=1S/C22H17NO5/c24-20(18-12-23-19-9-5-4-8-17(18)19)14-27-22(25)21-11-10-16(28-21)13-26-15-6-2-1-3-7-15/h1-12,23H,13-14H2. The van der Waals surface area contributed by atoms with Gasteiger partial charge in [0.1, 0.15) is 18.1 Å². The number of rotatable bonds is 7. The normalized spacial score (nSPS) is 10.7. The highest BCUT2D eigenvalue weighted by molar-refractivity contribution is 6.09. The molecule has 0 fully saturated rings. The number of furan rings is 1. The van der Waals surface area contributed by atoms with Crippen molar-refractivity contribution in [3.8, 4) is 5.75 Å². The summed E-state index contributed by atoms with van der Waals surface area (Å²) in [5.41, 5.74) is 1.34. The van der Waals surface area contributed by atoms with E-state index in [4.69, 9.17) is 13.9 Å². The third-order valence-electron chi connectivity index (χ3n) is 4.21. The van der Waals surface area contributed by atoms with Crippen LogP contribution in [0.25, 0.3) is 10.9 Å². The summed E-state index contributed by atoms with van der Waals surface area (Å²) in [6, 6.07) is 19.9. The van der Waals surface area contributed by atoms with Gasteiger partial charge >= 0.3 is 5.97 Å². The van der Waals surface area contributed by atoms with Crippen LogP contribution in [-0.4, -0.2) is 23.3 Å². The first-order chi connectivity index (χ1) is 13.7. The van der Waals surface area contributed by atoms with Gasteiger partial charge in [0.05, 0.1) is 0 Å². The molecule has 0 aliphatic carbocycles. The van der Waals surface area contributed by atoms with Gasteiger partial charge in [-0.05, 0) is 30.3 Å². The summed E-state index contributed by atoms with van der Waals surface area (Å²) in [7, 11) is 0. The Balaban J connectivity index is 1.34. The number of hydrogen-bond donors (Lipinski definition) is 1. The molecule has 0 aliphatic rings. The zero-order chi connectivity index (χ0) is 19.3. The van der Waals surface area contributed by atoms with Crippen molar-refractivity contribution in [3.05, 3.63) is 90.0 Å². The number of carbonyl (C=O) groups excluding carboxylic acids is 2. The van der Waals surface area contributed by atoms with Gasteiger partial charge in [-0.1, -0.05) is 36.4 Å². The minimum absolute atomic E-state index is 0.0263. The average molecular weight is 375 g/mol. The lowest BCUT2D eigenvalue weighted by Crippen LogP contribution is -2.13. The zero-order valence-electron chi connectivity index (χ0n) is 14.9. The number of Topliss-reactive ketones (excluding diaryl/α,β-unsaturated/α-hetero) is 1. The predicted octanol–water partition coefficient (Wildman–Crippen LogP) is 4.38. The Morgan fingerprint density at radius 1 is 0.929 bits per heavy atom. The Morgan fingerprint density at radius 2 is 1.71 bits per heavy atom. The van der Waals surface area contributed by atoms with Crippen molar-refractivity contribution in [2.45, 2.75) is 6.61 Å². The van der Waals surface area contributed by atoms with E-state index in [1.54, 1.807) is 12.3 Å². The number of ketones is 1. The average Bonchev–Trinajstić information content (AvgIpc) is 3.38. The highest BCUT2D eigenvalue weighted by Crippen LogP contribution is 2.19. The van der Waals surface area contributed by atoms with Crippen LogP contribution in [-0.2, 0) is 11.3 Å². The number of fused-ring (bicyclic) bond motifs is 1. The van der Waals surface area contributed by atoms with Crippen LogP contribution in [0.3, 0.4) is 0 Å². The molecule has 4 rings (SSSR count). The molecule has 0 amide bonds. The van der Waals surface area contributed by atoms with Crippen LogP contribution in [0.15, 0.2) is 77.3 Å². The fraction of sp³-hybridized carbons (Fsp3) is 0.0909. The second-order valence-electron chi connectivity index (χ2n) is 6.11. The highest BCUT2D eigenvalue weighted by Gasteiger charge is 2.17. The third-order valence-corrected chi connectivity index (χ3v) is 4.21. The SMILES string of the molecule is O=C(OCC(=O)c1c[nH]c2ccccc12)c1ccc(COc2ccccc2)o1. The first-order valence-corrected chi connectivity index (χ1v) is 8.74. The molecule has 28 heavy (non-hydrogen) atoms. The molecule has 2 aromatic carbocycles. The minimum Gasteiger partial charge on any atom is -0.486 e. The van der Waals surface area contributed by atoms with Gasteiger partial charge in [-0.3, -0.25) is 4.79 Å². The van der Waals surface area contributed by atoms with Crippen molar-refractivity contribution in [3.63, 3.8) is 0 Å². The Bertz CT molecular complexity index is 1110. The van der Waals surface area contributed by atoms with E-state index in [1.165, 1.54) is 6.07 Å². The summed E-state index contributed by atoms with van der Waals surface area (Å²) in [5, 5.41) is 0.793. The van der Waals surface area contributed by atoms with Crippen molar-refractivity contribution in [1.82, 2.24) is 4.98 Å². The molecule has 0 atom stereocenters. The number of esters is 1. The first-order valence-electron chi connectivity index (χ1n) is 8.74. The molecule has 2 aromatic heterocycles. The van der Waals surface area contributed by atoms with Crippen LogP contribution in [0.1, 0.15) is 26.7 Å². The molecule has 6 heteroatoms. The van der Waals surface area contributed by atoms with E-state index in [0.29, 0.717) is 17.1 Å². The van der Waals surface area contributed by atoms with Gasteiger partial charge in [-0.15, -0.1) is 0 Å². The quantitative estimate of drug-likeness (QED) is 0.383. The number of para-hydroxylation sites is 2. The molecule has 4 aromatic rings. The monoisotopic (exact) mass is 375 g/mol. The van der Waals surface area contributed by atoms with E-state index in [2.05, 4.69) is 4.98 Å². The number of benzene rings is 2. The van der Waals surface area contributed by atoms with Crippen LogP contribution in [0.5, 0.6) is 5.75 Å². The molecule has 0 bridgehead atoms. The lowest BCUT2D eigenvalue weighted by Gasteiger charge is -2.04. The van der Waals surface area contributed by atoms with Crippen molar-refractivity contribution in [2.75, 3.05) is 6.61 Å². The van der Waals surface area contributed by atoms with Crippen molar-refractivity contribution in [1.29, 1.82) is 0 Å². The maximum Gasteiger partial charge on any atom is 0.374 e. The zero-order valence-corrected chi connectivity index (χ0v) is 14.9. The fourth-order valence-electron chi connectivity index (χ4n) is 2.82. The summed E-state index contributed by atoms with van der Waals surface area (Å²) >= 11 is 0. The number of nitrogens with one attached hydrogen (secondary N) is 1. The fourth-order valence-corrected chi connectivity index (χ4v) is 2.82. The molecule has 6 nitrogen and oxygen atoms in total. The van der Waals surface area contributed by atoms with Crippen molar-refractivity contribution < 1.29 is 23.5 Å². The second-order valence-corrected chi connectivity index (χ2v) is 6.11. The van der Waals surface area contributed by atoms with Crippen LogP contribution in [0.2, 0.25) is 0 Å². The Hall–Kier alpha value is -3.80. The molecule has 140 valence electrons. The predicted molar refractivity (Wildman–Crippen MR) is 102 cm³/mol. The van der Waals surface area contributed by atoms with Crippen LogP contribution >= 0.6 is 0 Å². The molecule has 0 aliphatic heterocycles. The molecule has 1 N–H and O–H groups in total. The Kier molecular flexibility index (Phi) is 4.93. The molecular formula is C22H17NO5. The van der Waals surface area contributed by atoms with Gasteiger partial charge in [0.25, 0.3) is 0 Å². The molecule has 0 radical (unpaired) electrons. The Morgan fingerprint density at radius 3 is 2.57 bits per heavy atom. The van der Waals surface area contributed by atoms with Gasteiger partial charge in [-0.2, -0.15) is 0 Å². The lowest BCUT2D eigenvalue weighted by molar-refractivity contribution is 0.0441. The summed E-state index contributed by atoms with van der Waals surface area (Å²) < 4.78 is 16.1. The molecular weight excluding hydrogens is 358 g/mol. The maximum atomic E-state index is 12.4. The first kappa shape index (κ1) is 17.6. The summed E-state index contributed by atoms with van der Waals surface area (Å²) in [6.45, 7) is -0.178. The van der Waals surface area contributed by atoms with Crippen molar-refractivity contribution in [2.24, 2.45) is 0 Å². The summed E-state index contributed by atoms with van der Waals surface area (Å²) in [4.78, 5) is 27.6. The topological polar surface area (TPSA) is 81.5 Å². The lowest BCUT2D eigenvalue weighted by atomic mass is 10.1. The van der Waals surface area contributed by atoms with Gasteiger partial charge in [-0.25, -0.2) is 4.79 Å². The number of carbonyl (C=O) groups is 2. The molecule has 0 saturated heterocycles. The second kappa shape index (κ2) is 7.84. The number of ether oxygens (including phenoxy) is 2. The van der Waals surface area contributed by atoms with E-state index in [0.717, 1.165) is 10.9 Å². The smallest absolute Gasteiger partial charge is 0.374 e. The molecule has 0 spiro atoms. The largest absolute Gasteiger partial charge is 0.486 e. The van der Waals surface area contributed by atoms with Crippen LogP contribution < -0.4 is 4.74 Å². The van der Waals surface area contributed by atoms with Gasteiger partial charge in [0.2, 0.25) is 11.5 Å². The third kappa shape index (κ3) is 3.81. The van der Waals surface area contributed by atoms with E-state index < -0.39 is 5.97 Å². The molecule has 0 unspecified atom stereocenters. The van der Waals surface area contributed by atoms with Crippen LogP contribution in [0.4, 0.5) is 0 Å². The summed E-state index contributed by atoms with van der Waals surface area (Å²) in [5.74, 6) is 0.230. The minimum atomic E-state index is -0.695. The number of aromatic amines is 1. The van der Waals surface area contributed by atoms with Gasteiger partial charge in [0.15, 0.2) is 6.61 Å². The van der Waals surface area contributed by atoms with E-state index >= 15 is 0 Å². The Labute approximate surface area is 160 Å². The van der Waals surface area contributed by atoms with E-state index in [-0.39, 0.29) is 24.8 Å². The number of hydrogen-bond acceptors (Lipinski definition) is 5. The summed E-state index contributed by atoms with van der Waals surface area (Å²) in [6.07, 6.45) is 1.62. The highest BCUT2D eigenvalue weighted by atomic mass is 16.5. The molecule has 0 saturated carbocycles. The number of H-pyrrole nitrogens is 1. The van der Waals surface area contributed by atoms with E-state index in [1.807, 2.05) is 54.6 Å². The van der Waals surface area contributed by atoms with Gasteiger partial charge in [0, 0.05) is 22.7 Å². The van der Waals surface area contributed by atoms with Crippen LogP contribution in [0, 0.1) is 0 Å². The number of aromatic nitrogens is 1. The maximum absolute atomic E-state index is 12.4.